The van der Waals surface area contributed by atoms with E-state index in [-0.39, 0.29) is 5.82 Å². The lowest BCUT2D eigenvalue weighted by molar-refractivity contribution is 0.621. The average Bonchev–Trinajstić information content (AvgIpc) is 3.08. The first-order valence-electron chi connectivity index (χ1n) is 8.06. The van der Waals surface area contributed by atoms with Crippen molar-refractivity contribution in [1.82, 2.24) is 10.3 Å². The molecule has 3 nitrogen and oxygen atoms in total. The van der Waals surface area contributed by atoms with Gasteiger partial charge in [0.05, 0.1) is 0 Å². The molecule has 1 saturated heterocycles. The van der Waals surface area contributed by atoms with Crippen LogP contribution in [0.25, 0.3) is 0 Å². The lowest BCUT2D eigenvalue weighted by Gasteiger charge is -2.31. The molecule has 0 saturated carbocycles. The van der Waals surface area contributed by atoms with Gasteiger partial charge in [0.25, 0.3) is 0 Å². The first-order chi connectivity index (χ1) is 10.8. The average molecular weight is 297 g/mol. The van der Waals surface area contributed by atoms with E-state index < -0.39 is 0 Å². The van der Waals surface area contributed by atoms with E-state index in [0.717, 1.165) is 43.0 Å². The standard InChI is InChI=1S/C18H20FN3/c19-15-5-6-17-14(11-15)3-2-10-22(17)18-12-13(7-9-21-18)16-4-1-8-20-16/h5-7,9,11-12,16,20H,1-4,8,10H2. The molecule has 0 bridgehead atoms. The van der Waals surface area contributed by atoms with Crippen LogP contribution in [-0.4, -0.2) is 18.1 Å². The third-order valence-corrected chi connectivity index (χ3v) is 4.67. The molecule has 1 unspecified atom stereocenters. The summed E-state index contributed by atoms with van der Waals surface area (Å²) >= 11 is 0. The van der Waals surface area contributed by atoms with Crippen molar-refractivity contribution in [2.75, 3.05) is 18.0 Å². The summed E-state index contributed by atoms with van der Waals surface area (Å²) in [5, 5.41) is 3.53. The fourth-order valence-corrected chi connectivity index (χ4v) is 3.57. The Morgan fingerprint density at radius 2 is 2.14 bits per heavy atom. The Morgan fingerprint density at radius 1 is 1.18 bits per heavy atom. The molecular weight excluding hydrogens is 277 g/mol. The van der Waals surface area contributed by atoms with Crippen molar-refractivity contribution >= 4 is 11.5 Å². The highest BCUT2D eigenvalue weighted by atomic mass is 19.1. The molecule has 2 aliphatic rings. The van der Waals surface area contributed by atoms with Gasteiger partial charge in [-0.1, -0.05) is 0 Å². The smallest absolute Gasteiger partial charge is 0.133 e. The van der Waals surface area contributed by atoms with Crippen LogP contribution in [0, 0.1) is 5.82 Å². The summed E-state index contributed by atoms with van der Waals surface area (Å²) in [6, 6.07) is 9.80. The lowest BCUT2D eigenvalue weighted by Crippen LogP contribution is -2.25. The number of benzene rings is 1. The fraction of sp³-hybridized carbons (Fsp3) is 0.389. The number of rotatable bonds is 2. The Kier molecular flexibility index (Phi) is 3.54. The molecule has 0 radical (unpaired) electrons. The number of nitrogens with one attached hydrogen (secondary N) is 1. The summed E-state index contributed by atoms with van der Waals surface area (Å²) in [7, 11) is 0. The van der Waals surface area contributed by atoms with Crippen LogP contribution in [0.2, 0.25) is 0 Å². The van der Waals surface area contributed by atoms with Crippen LogP contribution in [0.1, 0.15) is 36.4 Å². The van der Waals surface area contributed by atoms with E-state index in [0.29, 0.717) is 6.04 Å². The van der Waals surface area contributed by atoms with Gasteiger partial charge in [-0.2, -0.15) is 0 Å². The van der Waals surface area contributed by atoms with Crippen LogP contribution in [0.5, 0.6) is 0 Å². The first kappa shape index (κ1) is 13.7. The summed E-state index contributed by atoms with van der Waals surface area (Å²) in [5.41, 5.74) is 3.48. The minimum absolute atomic E-state index is 0.155. The van der Waals surface area contributed by atoms with E-state index in [9.17, 15) is 4.39 Å². The Bertz CT molecular complexity index is 680. The molecule has 4 rings (SSSR count). The van der Waals surface area contributed by atoms with Crippen molar-refractivity contribution in [3.8, 4) is 0 Å². The van der Waals surface area contributed by atoms with Crippen LogP contribution >= 0.6 is 0 Å². The number of aryl methyl sites for hydroxylation is 1. The molecule has 1 N–H and O–H groups in total. The topological polar surface area (TPSA) is 28.2 Å². The van der Waals surface area contributed by atoms with Gasteiger partial charge >= 0.3 is 0 Å². The Morgan fingerprint density at radius 3 is 3.00 bits per heavy atom. The monoisotopic (exact) mass is 297 g/mol. The number of aromatic nitrogens is 1. The maximum absolute atomic E-state index is 13.5. The van der Waals surface area contributed by atoms with Crippen molar-refractivity contribution in [3.63, 3.8) is 0 Å². The maximum atomic E-state index is 13.5. The summed E-state index contributed by atoms with van der Waals surface area (Å²) in [6.45, 7) is 2.03. The highest BCUT2D eigenvalue weighted by Crippen LogP contribution is 2.34. The molecule has 1 atom stereocenters. The molecule has 0 amide bonds. The third-order valence-electron chi connectivity index (χ3n) is 4.67. The zero-order chi connectivity index (χ0) is 14.9. The van der Waals surface area contributed by atoms with E-state index in [1.807, 2.05) is 12.3 Å². The number of nitrogens with zero attached hydrogens (tertiary/aromatic N) is 2. The van der Waals surface area contributed by atoms with Gasteiger partial charge in [-0.25, -0.2) is 9.37 Å². The van der Waals surface area contributed by atoms with Crippen molar-refractivity contribution in [1.29, 1.82) is 0 Å². The normalized spacial score (nSPS) is 21.0. The Hall–Kier alpha value is -1.94. The van der Waals surface area contributed by atoms with Crippen molar-refractivity contribution in [2.24, 2.45) is 0 Å². The van der Waals surface area contributed by atoms with Gasteiger partial charge in [0.1, 0.15) is 11.6 Å². The molecule has 0 spiro atoms. The van der Waals surface area contributed by atoms with Crippen LogP contribution in [0.3, 0.4) is 0 Å². The lowest BCUT2D eigenvalue weighted by atomic mass is 10.0. The number of hydrogen-bond acceptors (Lipinski definition) is 3. The fourth-order valence-electron chi connectivity index (χ4n) is 3.57. The highest BCUT2D eigenvalue weighted by Gasteiger charge is 2.22. The summed E-state index contributed by atoms with van der Waals surface area (Å²) in [5.74, 6) is 0.816. The predicted octanol–water partition coefficient (Wildman–Crippen LogP) is 3.73. The molecule has 2 aliphatic heterocycles. The quantitative estimate of drug-likeness (QED) is 0.915. The first-order valence-corrected chi connectivity index (χ1v) is 8.06. The van der Waals surface area contributed by atoms with Gasteiger partial charge < -0.3 is 10.2 Å². The molecule has 1 fully saturated rings. The third kappa shape index (κ3) is 2.48. The van der Waals surface area contributed by atoms with Gasteiger partial charge in [0.15, 0.2) is 0 Å². The van der Waals surface area contributed by atoms with Gasteiger partial charge in [-0.05, 0) is 73.7 Å². The molecule has 1 aromatic heterocycles. The molecule has 114 valence electrons. The van der Waals surface area contributed by atoms with Crippen LogP contribution in [0.4, 0.5) is 15.9 Å². The Balaban J connectivity index is 1.69. The van der Waals surface area contributed by atoms with Gasteiger partial charge in [0, 0.05) is 24.5 Å². The highest BCUT2D eigenvalue weighted by molar-refractivity contribution is 5.65. The number of fused-ring (bicyclic) bond motifs is 1. The molecule has 1 aromatic carbocycles. The Labute approximate surface area is 130 Å². The number of anilines is 2. The second-order valence-electron chi connectivity index (χ2n) is 6.12. The number of hydrogen-bond donors (Lipinski definition) is 1. The molecule has 22 heavy (non-hydrogen) atoms. The number of halogens is 1. The van der Waals surface area contributed by atoms with E-state index in [1.165, 1.54) is 18.4 Å². The second-order valence-corrected chi connectivity index (χ2v) is 6.12. The van der Waals surface area contributed by atoms with E-state index >= 15 is 0 Å². The molecular formula is C18H20FN3. The largest absolute Gasteiger partial charge is 0.326 e. The molecule has 4 heteroatoms. The van der Waals surface area contributed by atoms with E-state index in [1.54, 1.807) is 12.1 Å². The van der Waals surface area contributed by atoms with Crippen LogP contribution in [-0.2, 0) is 6.42 Å². The van der Waals surface area contributed by atoms with Gasteiger partial charge in [-0.3, -0.25) is 0 Å². The SMILES string of the molecule is Fc1ccc2c(c1)CCCN2c1cc(C2CCCN2)ccn1. The summed E-state index contributed by atoms with van der Waals surface area (Å²) < 4.78 is 13.5. The maximum Gasteiger partial charge on any atom is 0.133 e. The minimum atomic E-state index is -0.155. The van der Waals surface area contributed by atoms with Gasteiger partial charge in [-0.15, -0.1) is 0 Å². The molecule has 2 aromatic rings. The summed E-state index contributed by atoms with van der Waals surface area (Å²) in [6.07, 6.45) is 6.28. The zero-order valence-corrected chi connectivity index (χ0v) is 12.6. The van der Waals surface area contributed by atoms with Gasteiger partial charge in [0.2, 0.25) is 0 Å². The van der Waals surface area contributed by atoms with Crippen molar-refractivity contribution in [2.45, 2.75) is 31.7 Å². The molecule has 3 heterocycles. The van der Waals surface area contributed by atoms with E-state index in [2.05, 4.69) is 27.3 Å². The van der Waals surface area contributed by atoms with Crippen molar-refractivity contribution in [3.05, 3.63) is 53.5 Å². The second kappa shape index (κ2) is 5.69. The van der Waals surface area contributed by atoms with Crippen molar-refractivity contribution < 1.29 is 4.39 Å². The van der Waals surface area contributed by atoms with E-state index in [4.69, 9.17) is 0 Å². The summed E-state index contributed by atoms with van der Waals surface area (Å²) in [4.78, 5) is 6.78. The molecule has 0 aliphatic carbocycles. The van der Waals surface area contributed by atoms with Crippen LogP contribution < -0.4 is 10.2 Å². The predicted molar refractivity (Wildman–Crippen MR) is 85.9 cm³/mol. The van der Waals surface area contributed by atoms with Crippen LogP contribution in [0.15, 0.2) is 36.5 Å². The number of pyridine rings is 1. The zero-order valence-electron chi connectivity index (χ0n) is 12.6. The minimum Gasteiger partial charge on any atom is -0.326 e.